The topological polar surface area (TPSA) is 125 Å². The van der Waals surface area contributed by atoms with Crippen LogP contribution in [-0.2, 0) is 16.1 Å². The van der Waals surface area contributed by atoms with Crippen molar-refractivity contribution in [3.05, 3.63) is 71.8 Å². The van der Waals surface area contributed by atoms with E-state index in [9.17, 15) is 14.4 Å². The minimum atomic E-state index is -1.17. The average molecular weight is 572 g/mol. The number of aromatic nitrogens is 3. The maximum atomic E-state index is 14.4. The van der Waals surface area contributed by atoms with E-state index in [0.717, 1.165) is 0 Å². The van der Waals surface area contributed by atoms with Crippen LogP contribution >= 0.6 is 0 Å². The van der Waals surface area contributed by atoms with Crippen LogP contribution in [0.15, 0.2) is 60.7 Å². The number of para-hydroxylation sites is 1. The number of carbonyl (C=O) groups excluding carboxylic acids is 3. The molecule has 4 aromatic rings. The number of Topliss-reactive ketones (excluding diaryl/α,β-unsaturated/α-hetero) is 1. The lowest BCUT2D eigenvalue weighted by molar-refractivity contribution is -0.128. The number of fused-ring (bicyclic) bond motifs is 2. The number of anilines is 1. The van der Waals surface area contributed by atoms with Gasteiger partial charge in [-0.3, -0.25) is 19.3 Å². The first-order valence-corrected chi connectivity index (χ1v) is 13.7. The van der Waals surface area contributed by atoms with E-state index in [0.29, 0.717) is 40.5 Å². The summed E-state index contributed by atoms with van der Waals surface area (Å²) in [7, 11) is 0. The van der Waals surface area contributed by atoms with Crippen LogP contribution in [0.3, 0.4) is 0 Å². The van der Waals surface area contributed by atoms with Gasteiger partial charge in [-0.15, -0.1) is 5.10 Å². The highest BCUT2D eigenvalue weighted by molar-refractivity contribution is 6.08. The van der Waals surface area contributed by atoms with Crippen LogP contribution in [0, 0.1) is 0 Å². The molecule has 218 valence electrons. The predicted octanol–water partition coefficient (Wildman–Crippen LogP) is 4.45. The standard InChI is InChI=1S/C31H33N5O6/c1-6-40-21-13-11-20(12-14-21)29(30(39)32-31(3,4)5)36(25-16-27-26(41-18-42-27)15-22(25)19(2)37)28(38)17-35-24-10-8-7-9-23(24)33-34-35/h7-16,29H,6,17-18H2,1-5H3,(H,32,39)/t29-/m0/s1. The summed E-state index contributed by atoms with van der Waals surface area (Å²) in [6, 6.07) is 16.2. The van der Waals surface area contributed by atoms with Gasteiger partial charge in [-0.25, -0.2) is 4.68 Å². The Bertz CT molecular complexity index is 1640. The summed E-state index contributed by atoms with van der Waals surface area (Å²) in [5.41, 5.74) is 1.59. The van der Waals surface area contributed by atoms with Crippen molar-refractivity contribution in [2.24, 2.45) is 0 Å². The van der Waals surface area contributed by atoms with E-state index in [1.165, 1.54) is 16.5 Å². The van der Waals surface area contributed by atoms with Crippen molar-refractivity contribution in [2.75, 3.05) is 18.3 Å². The molecule has 1 aromatic heterocycles. The fourth-order valence-electron chi connectivity index (χ4n) is 4.84. The van der Waals surface area contributed by atoms with Gasteiger partial charge >= 0.3 is 0 Å². The molecule has 11 nitrogen and oxygen atoms in total. The molecule has 2 amide bonds. The smallest absolute Gasteiger partial charge is 0.249 e. The molecule has 5 rings (SSSR count). The normalized spacial score (nSPS) is 13.1. The summed E-state index contributed by atoms with van der Waals surface area (Å²) in [4.78, 5) is 42.9. The second kappa shape index (κ2) is 11.5. The molecule has 0 radical (unpaired) electrons. The van der Waals surface area contributed by atoms with E-state index in [1.807, 2.05) is 45.9 Å². The number of nitrogens with one attached hydrogen (secondary N) is 1. The predicted molar refractivity (Wildman–Crippen MR) is 156 cm³/mol. The van der Waals surface area contributed by atoms with Gasteiger partial charge in [0.05, 0.1) is 17.8 Å². The molecule has 2 heterocycles. The summed E-state index contributed by atoms with van der Waals surface area (Å²) < 4.78 is 18.2. The molecule has 1 N–H and O–H groups in total. The molecule has 42 heavy (non-hydrogen) atoms. The second-order valence-corrected chi connectivity index (χ2v) is 10.9. The van der Waals surface area contributed by atoms with Crippen molar-refractivity contribution in [1.29, 1.82) is 0 Å². The molecule has 0 fully saturated rings. The van der Waals surface area contributed by atoms with Crippen LogP contribution < -0.4 is 24.4 Å². The highest BCUT2D eigenvalue weighted by atomic mass is 16.7. The van der Waals surface area contributed by atoms with Gasteiger partial charge in [0.1, 0.15) is 23.9 Å². The number of benzene rings is 3. The minimum Gasteiger partial charge on any atom is -0.494 e. The number of hydrogen-bond donors (Lipinski definition) is 1. The Morgan fingerprint density at radius 2 is 1.74 bits per heavy atom. The number of ether oxygens (including phenoxy) is 3. The van der Waals surface area contributed by atoms with Crippen molar-refractivity contribution in [3.63, 3.8) is 0 Å². The third kappa shape index (κ3) is 5.90. The fourth-order valence-corrected chi connectivity index (χ4v) is 4.84. The summed E-state index contributed by atoms with van der Waals surface area (Å²) in [5.74, 6) is 0.131. The van der Waals surface area contributed by atoms with E-state index in [-0.39, 0.29) is 30.4 Å². The first-order chi connectivity index (χ1) is 20.1. The average Bonchev–Trinajstić information content (AvgIpc) is 3.57. The largest absolute Gasteiger partial charge is 0.494 e. The molecular formula is C31H33N5O6. The lowest BCUT2D eigenvalue weighted by atomic mass is 9.98. The van der Waals surface area contributed by atoms with Crippen molar-refractivity contribution in [2.45, 2.75) is 52.7 Å². The lowest BCUT2D eigenvalue weighted by Gasteiger charge is -2.34. The van der Waals surface area contributed by atoms with Gasteiger partial charge in [0.15, 0.2) is 17.3 Å². The number of carbonyl (C=O) groups is 3. The Morgan fingerprint density at radius 3 is 2.40 bits per heavy atom. The van der Waals surface area contributed by atoms with Crippen molar-refractivity contribution in [1.82, 2.24) is 20.3 Å². The maximum absolute atomic E-state index is 14.4. The quantitative estimate of drug-likeness (QED) is 0.292. The highest BCUT2D eigenvalue weighted by Gasteiger charge is 2.37. The molecule has 0 spiro atoms. The molecule has 0 saturated carbocycles. The number of hydrogen-bond acceptors (Lipinski definition) is 8. The van der Waals surface area contributed by atoms with Crippen LogP contribution in [-0.4, -0.2) is 51.5 Å². The zero-order valence-electron chi connectivity index (χ0n) is 24.2. The van der Waals surface area contributed by atoms with E-state index in [1.54, 1.807) is 42.5 Å². The molecule has 1 atom stereocenters. The summed E-state index contributed by atoms with van der Waals surface area (Å²) in [6.45, 7) is 9.05. The monoisotopic (exact) mass is 571 g/mol. The van der Waals surface area contributed by atoms with E-state index >= 15 is 0 Å². The number of ketones is 1. The fraction of sp³-hybridized carbons (Fsp3) is 0.323. The Kier molecular flexibility index (Phi) is 7.84. The number of nitrogens with zero attached hydrogens (tertiary/aromatic N) is 4. The van der Waals surface area contributed by atoms with Gasteiger partial charge in [-0.2, -0.15) is 0 Å². The Hall–Kier alpha value is -4.93. The van der Waals surface area contributed by atoms with Gasteiger partial charge < -0.3 is 19.5 Å². The van der Waals surface area contributed by atoms with Crippen LogP contribution in [0.4, 0.5) is 5.69 Å². The van der Waals surface area contributed by atoms with Crippen LogP contribution in [0.25, 0.3) is 11.0 Å². The van der Waals surface area contributed by atoms with Crippen LogP contribution in [0.2, 0.25) is 0 Å². The van der Waals surface area contributed by atoms with Gasteiger partial charge in [-0.1, -0.05) is 29.5 Å². The third-order valence-corrected chi connectivity index (χ3v) is 6.62. The van der Waals surface area contributed by atoms with E-state index in [4.69, 9.17) is 14.2 Å². The molecule has 11 heteroatoms. The van der Waals surface area contributed by atoms with Crippen molar-refractivity contribution in [3.8, 4) is 17.2 Å². The molecule has 0 saturated heterocycles. The minimum absolute atomic E-state index is 0.0259. The summed E-state index contributed by atoms with van der Waals surface area (Å²) in [5, 5.41) is 11.4. The van der Waals surface area contributed by atoms with E-state index < -0.39 is 23.4 Å². The van der Waals surface area contributed by atoms with Gasteiger partial charge in [0.2, 0.25) is 18.6 Å². The maximum Gasteiger partial charge on any atom is 0.249 e. The van der Waals surface area contributed by atoms with Gasteiger partial charge in [0, 0.05) is 17.2 Å². The molecule has 1 aliphatic heterocycles. The van der Waals surface area contributed by atoms with Crippen LogP contribution in [0.5, 0.6) is 17.2 Å². The second-order valence-electron chi connectivity index (χ2n) is 10.9. The summed E-state index contributed by atoms with van der Waals surface area (Å²) >= 11 is 0. The SMILES string of the molecule is CCOc1ccc([C@@H](C(=O)NC(C)(C)C)N(C(=O)Cn2nnc3ccccc32)c2cc3c(cc2C(C)=O)OCO3)cc1. The molecule has 1 aliphatic rings. The molecular weight excluding hydrogens is 538 g/mol. The number of rotatable bonds is 9. The lowest BCUT2D eigenvalue weighted by Crippen LogP contribution is -2.50. The zero-order valence-corrected chi connectivity index (χ0v) is 24.2. The van der Waals surface area contributed by atoms with E-state index in [2.05, 4.69) is 15.6 Å². The van der Waals surface area contributed by atoms with Crippen molar-refractivity contribution < 1.29 is 28.6 Å². The molecule has 0 bridgehead atoms. The number of amides is 2. The first kappa shape index (κ1) is 28.6. The highest BCUT2D eigenvalue weighted by Crippen LogP contribution is 2.41. The Morgan fingerprint density at radius 1 is 1.05 bits per heavy atom. The Labute approximate surface area is 243 Å². The molecule has 0 unspecified atom stereocenters. The van der Waals surface area contributed by atoms with Crippen molar-refractivity contribution >= 4 is 34.3 Å². The zero-order chi connectivity index (χ0) is 30.0. The first-order valence-electron chi connectivity index (χ1n) is 13.7. The summed E-state index contributed by atoms with van der Waals surface area (Å²) in [6.07, 6.45) is 0. The third-order valence-electron chi connectivity index (χ3n) is 6.62. The molecule has 3 aromatic carbocycles. The van der Waals surface area contributed by atoms with Gasteiger partial charge in [0.25, 0.3) is 0 Å². The Balaban J connectivity index is 1.69. The van der Waals surface area contributed by atoms with Gasteiger partial charge in [-0.05, 0) is 70.5 Å². The molecule has 0 aliphatic carbocycles. The van der Waals surface area contributed by atoms with Crippen LogP contribution in [0.1, 0.15) is 56.6 Å².